The number of rotatable bonds is 2. The lowest BCUT2D eigenvalue weighted by Crippen LogP contribution is -1.97. The fourth-order valence-corrected chi connectivity index (χ4v) is 1.97. The van der Waals surface area contributed by atoms with Crippen molar-refractivity contribution in [3.8, 4) is 5.75 Å². The van der Waals surface area contributed by atoms with Gasteiger partial charge in [0.1, 0.15) is 5.75 Å². The molecule has 1 aromatic carbocycles. The zero-order valence-corrected chi connectivity index (χ0v) is 10.5. The third-order valence-corrected chi connectivity index (χ3v) is 2.92. The van der Waals surface area contributed by atoms with Crippen LogP contribution in [-0.4, -0.2) is 20.3 Å². The van der Waals surface area contributed by atoms with E-state index >= 15 is 0 Å². The van der Waals surface area contributed by atoms with E-state index in [0.717, 1.165) is 16.5 Å². The van der Waals surface area contributed by atoms with E-state index in [1.165, 1.54) is 0 Å². The number of fused-ring (bicyclic) bond motifs is 1. The highest BCUT2D eigenvalue weighted by molar-refractivity contribution is 6.34. The second kappa shape index (κ2) is 4.70. The minimum absolute atomic E-state index is 0.179. The molecule has 0 radical (unpaired) electrons. The Balaban J connectivity index is 2.09. The van der Waals surface area contributed by atoms with E-state index in [1.54, 1.807) is 36.7 Å². The number of nitrogens with zero attached hydrogens (tertiary/aromatic N) is 3. The number of pyridine rings is 1. The molecule has 6 heteroatoms. The molecule has 0 spiro atoms. The van der Waals surface area contributed by atoms with E-state index in [-0.39, 0.29) is 5.75 Å². The van der Waals surface area contributed by atoms with Crippen LogP contribution in [0.4, 0.5) is 11.5 Å². The van der Waals surface area contributed by atoms with E-state index < -0.39 is 0 Å². The van der Waals surface area contributed by atoms with Crippen molar-refractivity contribution >= 4 is 33.9 Å². The quantitative estimate of drug-likeness (QED) is 0.750. The molecule has 5 nitrogen and oxygen atoms in total. The Morgan fingerprint density at radius 2 is 2.00 bits per heavy atom. The molecule has 2 heterocycles. The summed E-state index contributed by atoms with van der Waals surface area (Å²) in [5.41, 5.74) is 0.717. The van der Waals surface area contributed by atoms with E-state index in [2.05, 4.69) is 20.5 Å². The summed E-state index contributed by atoms with van der Waals surface area (Å²) in [6, 6.07) is 8.57. The first-order chi connectivity index (χ1) is 9.24. The van der Waals surface area contributed by atoms with Gasteiger partial charge in [-0.25, -0.2) is 0 Å². The molecule has 19 heavy (non-hydrogen) atoms. The summed E-state index contributed by atoms with van der Waals surface area (Å²) in [6.45, 7) is 0. The van der Waals surface area contributed by atoms with Gasteiger partial charge in [-0.15, -0.1) is 10.2 Å². The van der Waals surface area contributed by atoms with Crippen LogP contribution in [0, 0.1) is 0 Å². The van der Waals surface area contributed by atoms with Crippen molar-refractivity contribution in [1.82, 2.24) is 15.2 Å². The average molecular weight is 273 g/mol. The van der Waals surface area contributed by atoms with E-state index in [0.29, 0.717) is 11.0 Å². The van der Waals surface area contributed by atoms with Crippen LogP contribution in [-0.2, 0) is 0 Å². The number of aromatic hydroxyl groups is 1. The largest absolute Gasteiger partial charge is 0.508 e. The maximum Gasteiger partial charge on any atom is 0.161 e. The molecule has 0 unspecified atom stereocenters. The van der Waals surface area contributed by atoms with Crippen LogP contribution in [0.5, 0.6) is 5.75 Å². The van der Waals surface area contributed by atoms with Crippen LogP contribution in [0.15, 0.2) is 42.7 Å². The molecular weight excluding hydrogens is 264 g/mol. The van der Waals surface area contributed by atoms with Crippen molar-refractivity contribution < 1.29 is 5.11 Å². The molecule has 0 atom stereocenters. The molecule has 3 rings (SSSR count). The second-order valence-electron chi connectivity index (χ2n) is 3.94. The Hall–Kier alpha value is -2.40. The van der Waals surface area contributed by atoms with Crippen LogP contribution in [0.25, 0.3) is 10.8 Å². The van der Waals surface area contributed by atoms with Gasteiger partial charge in [-0.3, -0.25) is 4.98 Å². The monoisotopic (exact) mass is 272 g/mol. The molecular formula is C13H9ClN4O. The van der Waals surface area contributed by atoms with Gasteiger partial charge < -0.3 is 10.4 Å². The van der Waals surface area contributed by atoms with Crippen LogP contribution in [0.3, 0.4) is 0 Å². The van der Waals surface area contributed by atoms with Crippen molar-refractivity contribution in [3.05, 3.63) is 47.9 Å². The molecule has 0 bridgehead atoms. The second-order valence-corrected chi connectivity index (χ2v) is 4.29. The molecule has 0 aliphatic heterocycles. The first-order valence-electron chi connectivity index (χ1n) is 5.56. The Morgan fingerprint density at radius 1 is 1.11 bits per heavy atom. The van der Waals surface area contributed by atoms with Gasteiger partial charge in [0.2, 0.25) is 0 Å². The third-order valence-electron chi connectivity index (χ3n) is 2.65. The van der Waals surface area contributed by atoms with Gasteiger partial charge in [-0.2, -0.15) is 0 Å². The zero-order chi connectivity index (χ0) is 13.2. The van der Waals surface area contributed by atoms with E-state index in [9.17, 15) is 5.11 Å². The Bertz CT molecular complexity index is 748. The lowest BCUT2D eigenvalue weighted by molar-refractivity contribution is 0.475. The Labute approximate surface area is 113 Å². The fraction of sp³-hybridized carbons (Fsp3) is 0. The van der Waals surface area contributed by atoms with Gasteiger partial charge >= 0.3 is 0 Å². The average Bonchev–Trinajstić information content (AvgIpc) is 2.42. The van der Waals surface area contributed by atoms with E-state index in [4.69, 9.17) is 11.6 Å². The molecule has 0 aliphatic rings. The summed E-state index contributed by atoms with van der Waals surface area (Å²) in [5.74, 6) is 0.741. The maximum absolute atomic E-state index is 9.44. The molecule has 3 aromatic rings. The lowest BCUT2D eigenvalue weighted by Gasteiger charge is -2.08. The number of halogens is 1. The van der Waals surface area contributed by atoms with Crippen molar-refractivity contribution in [3.63, 3.8) is 0 Å². The Morgan fingerprint density at radius 3 is 2.84 bits per heavy atom. The minimum atomic E-state index is 0.179. The van der Waals surface area contributed by atoms with Gasteiger partial charge in [0, 0.05) is 34.9 Å². The first kappa shape index (κ1) is 11.7. The van der Waals surface area contributed by atoms with Gasteiger partial charge in [-0.1, -0.05) is 17.7 Å². The molecule has 0 saturated carbocycles. The Kier molecular flexibility index (Phi) is 2.89. The van der Waals surface area contributed by atoms with Crippen molar-refractivity contribution in [2.24, 2.45) is 0 Å². The highest BCUT2D eigenvalue weighted by Gasteiger charge is 2.08. The lowest BCUT2D eigenvalue weighted by atomic mass is 10.2. The van der Waals surface area contributed by atoms with Crippen molar-refractivity contribution in [2.75, 3.05) is 5.32 Å². The normalized spacial score (nSPS) is 10.6. The van der Waals surface area contributed by atoms with Crippen molar-refractivity contribution in [1.29, 1.82) is 0 Å². The number of aromatic nitrogens is 3. The van der Waals surface area contributed by atoms with Crippen molar-refractivity contribution in [2.45, 2.75) is 0 Å². The molecule has 0 amide bonds. The zero-order valence-electron chi connectivity index (χ0n) is 9.71. The number of nitrogens with one attached hydrogen (secondary N) is 1. The third kappa shape index (κ3) is 2.28. The SMILES string of the molecule is Oc1cccc(Nc2nnc(Cl)c3cnccc23)c1. The molecule has 2 N–H and O–H groups in total. The first-order valence-corrected chi connectivity index (χ1v) is 5.94. The van der Waals surface area contributed by atoms with Crippen LogP contribution in [0.1, 0.15) is 0 Å². The number of phenols is 1. The number of phenolic OH excluding ortho intramolecular Hbond substituents is 1. The smallest absolute Gasteiger partial charge is 0.161 e. The highest BCUT2D eigenvalue weighted by Crippen LogP contribution is 2.27. The van der Waals surface area contributed by atoms with Crippen LogP contribution in [0.2, 0.25) is 5.15 Å². The summed E-state index contributed by atoms with van der Waals surface area (Å²) in [4.78, 5) is 4.02. The summed E-state index contributed by atoms with van der Waals surface area (Å²) >= 11 is 5.98. The molecule has 94 valence electrons. The number of hydrogen-bond donors (Lipinski definition) is 2. The fourth-order valence-electron chi connectivity index (χ4n) is 1.78. The highest BCUT2D eigenvalue weighted by atomic mass is 35.5. The summed E-state index contributed by atoms with van der Waals surface area (Å²) < 4.78 is 0. The van der Waals surface area contributed by atoms with Gasteiger partial charge in [0.15, 0.2) is 11.0 Å². The summed E-state index contributed by atoms with van der Waals surface area (Å²) in [5, 5.41) is 22.3. The van der Waals surface area contributed by atoms with Gasteiger partial charge in [-0.05, 0) is 18.2 Å². The molecule has 0 aliphatic carbocycles. The van der Waals surface area contributed by atoms with Crippen LogP contribution >= 0.6 is 11.6 Å². The molecule has 0 saturated heterocycles. The minimum Gasteiger partial charge on any atom is -0.508 e. The van der Waals surface area contributed by atoms with Crippen LogP contribution < -0.4 is 5.32 Å². The standard InChI is InChI=1S/C13H9ClN4O/c14-12-11-7-15-5-4-10(11)13(18-17-12)16-8-2-1-3-9(19)6-8/h1-7,19H,(H,16,18). The molecule has 0 fully saturated rings. The van der Waals surface area contributed by atoms with Gasteiger partial charge in [0.25, 0.3) is 0 Å². The predicted molar refractivity (Wildman–Crippen MR) is 73.7 cm³/mol. The summed E-state index contributed by atoms with van der Waals surface area (Å²) in [7, 11) is 0. The number of hydrogen-bond acceptors (Lipinski definition) is 5. The number of anilines is 2. The number of benzene rings is 1. The summed E-state index contributed by atoms with van der Waals surface area (Å²) in [6.07, 6.45) is 3.30. The molecule has 2 aromatic heterocycles. The predicted octanol–water partition coefficient (Wildman–Crippen LogP) is 3.13. The van der Waals surface area contributed by atoms with Gasteiger partial charge in [0.05, 0.1) is 0 Å². The topological polar surface area (TPSA) is 70.9 Å². The van der Waals surface area contributed by atoms with E-state index in [1.807, 2.05) is 6.07 Å². The maximum atomic E-state index is 9.44.